The Balaban J connectivity index is 2.18. The molecule has 0 spiro atoms. The minimum atomic E-state index is -0.937. The minimum absolute atomic E-state index is 0.128. The van der Waals surface area contributed by atoms with Crippen LogP contribution in [-0.4, -0.2) is 24.2 Å². The lowest BCUT2D eigenvalue weighted by Gasteiger charge is -2.18. The summed E-state index contributed by atoms with van der Waals surface area (Å²) in [5.74, 6) is -1.26. The minimum Gasteiger partial charge on any atom is -0.481 e. The molecule has 4 heteroatoms. The van der Waals surface area contributed by atoms with Crippen molar-refractivity contribution >= 4 is 11.7 Å². The summed E-state index contributed by atoms with van der Waals surface area (Å²) in [6.07, 6.45) is 2.06. The second-order valence-corrected chi connectivity index (χ2v) is 4.05. The molecular formula is C12H14FNO2. The van der Waals surface area contributed by atoms with Crippen LogP contribution in [0.3, 0.4) is 0 Å². The molecule has 1 saturated heterocycles. The number of hydrogen-bond donors (Lipinski definition) is 1. The molecule has 16 heavy (non-hydrogen) atoms. The fraction of sp³-hybridized carbons (Fsp3) is 0.417. The fourth-order valence-corrected chi connectivity index (χ4v) is 2.05. The Hall–Kier alpha value is -1.58. The molecule has 3 nitrogen and oxygen atoms in total. The van der Waals surface area contributed by atoms with Gasteiger partial charge in [-0.15, -0.1) is 0 Å². The highest BCUT2D eigenvalue weighted by molar-refractivity contribution is 5.70. The van der Waals surface area contributed by atoms with E-state index in [-0.39, 0.29) is 12.2 Å². The largest absolute Gasteiger partial charge is 0.481 e. The van der Waals surface area contributed by atoms with Crippen molar-refractivity contribution in [3.05, 3.63) is 29.6 Å². The van der Waals surface area contributed by atoms with Crippen LogP contribution in [-0.2, 0) is 11.2 Å². The first-order chi connectivity index (χ1) is 7.66. The number of aliphatic carboxylic acids is 1. The number of benzene rings is 1. The Kier molecular flexibility index (Phi) is 3.08. The van der Waals surface area contributed by atoms with Gasteiger partial charge in [-0.2, -0.15) is 0 Å². The van der Waals surface area contributed by atoms with Crippen LogP contribution in [0.15, 0.2) is 18.2 Å². The lowest BCUT2D eigenvalue weighted by molar-refractivity contribution is -0.136. The average molecular weight is 223 g/mol. The van der Waals surface area contributed by atoms with Gasteiger partial charge >= 0.3 is 5.97 Å². The second kappa shape index (κ2) is 4.51. The standard InChI is InChI=1S/C12H14FNO2/c13-10-7-9(8-12(15)16)3-4-11(10)14-5-1-2-6-14/h3-4,7H,1-2,5-6,8H2,(H,15,16). The third-order valence-electron chi connectivity index (χ3n) is 2.81. The molecule has 1 aliphatic heterocycles. The predicted octanol–water partition coefficient (Wildman–Crippen LogP) is 2.05. The van der Waals surface area contributed by atoms with Crippen LogP contribution in [0.4, 0.5) is 10.1 Å². The van der Waals surface area contributed by atoms with Crippen LogP contribution in [0.2, 0.25) is 0 Å². The van der Waals surface area contributed by atoms with Crippen molar-refractivity contribution < 1.29 is 14.3 Å². The third-order valence-corrected chi connectivity index (χ3v) is 2.81. The summed E-state index contributed by atoms with van der Waals surface area (Å²) in [7, 11) is 0. The highest BCUT2D eigenvalue weighted by Crippen LogP contribution is 2.24. The molecule has 86 valence electrons. The van der Waals surface area contributed by atoms with Crippen LogP contribution in [0.25, 0.3) is 0 Å². The van der Waals surface area contributed by atoms with E-state index >= 15 is 0 Å². The van der Waals surface area contributed by atoms with E-state index in [9.17, 15) is 9.18 Å². The van der Waals surface area contributed by atoms with E-state index in [4.69, 9.17) is 5.11 Å². The molecule has 1 aromatic rings. The normalized spacial score (nSPS) is 15.4. The zero-order valence-electron chi connectivity index (χ0n) is 8.95. The van der Waals surface area contributed by atoms with Crippen molar-refractivity contribution in [1.29, 1.82) is 0 Å². The lowest BCUT2D eigenvalue weighted by atomic mass is 10.1. The van der Waals surface area contributed by atoms with Crippen molar-refractivity contribution in [1.82, 2.24) is 0 Å². The van der Waals surface area contributed by atoms with Crippen molar-refractivity contribution in [2.75, 3.05) is 18.0 Å². The van der Waals surface area contributed by atoms with Gasteiger partial charge in [0, 0.05) is 13.1 Å². The molecule has 0 radical (unpaired) electrons. The molecule has 0 saturated carbocycles. The smallest absolute Gasteiger partial charge is 0.307 e. The van der Waals surface area contributed by atoms with Gasteiger partial charge in [0.15, 0.2) is 0 Å². The zero-order chi connectivity index (χ0) is 11.5. The Morgan fingerprint density at radius 2 is 2.06 bits per heavy atom. The summed E-state index contributed by atoms with van der Waals surface area (Å²) in [6.45, 7) is 1.77. The Morgan fingerprint density at radius 1 is 1.38 bits per heavy atom. The molecule has 0 atom stereocenters. The molecular weight excluding hydrogens is 209 g/mol. The molecule has 2 rings (SSSR count). The first kappa shape index (κ1) is 10.9. The fourth-order valence-electron chi connectivity index (χ4n) is 2.05. The first-order valence-corrected chi connectivity index (χ1v) is 5.42. The van der Waals surface area contributed by atoms with Gasteiger partial charge in [0.05, 0.1) is 12.1 Å². The number of nitrogens with zero attached hydrogens (tertiary/aromatic N) is 1. The van der Waals surface area contributed by atoms with Crippen LogP contribution in [0.1, 0.15) is 18.4 Å². The Labute approximate surface area is 93.5 Å². The molecule has 1 heterocycles. The van der Waals surface area contributed by atoms with Crippen LogP contribution in [0.5, 0.6) is 0 Å². The van der Waals surface area contributed by atoms with E-state index in [1.165, 1.54) is 6.07 Å². The summed E-state index contributed by atoms with van der Waals surface area (Å²) in [4.78, 5) is 12.5. The SMILES string of the molecule is O=C(O)Cc1ccc(N2CCCC2)c(F)c1. The van der Waals surface area contributed by atoms with Crippen molar-refractivity contribution in [3.8, 4) is 0 Å². The zero-order valence-corrected chi connectivity index (χ0v) is 8.95. The number of halogens is 1. The summed E-state index contributed by atoms with van der Waals surface area (Å²) >= 11 is 0. The van der Waals surface area contributed by atoms with E-state index in [0.717, 1.165) is 25.9 Å². The van der Waals surface area contributed by atoms with Gasteiger partial charge in [-0.05, 0) is 30.5 Å². The van der Waals surface area contributed by atoms with Gasteiger partial charge in [-0.3, -0.25) is 4.79 Å². The van der Waals surface area contributed by atoms with E-state index in [0.29, 0.717) is 11.3 Å². The molecule has 0 bridgehead atoms. The van der Waals surface area contributed by atoms with Crippen molar-refractivity contribution in [2.24, 2.45) is 0 Å². The molecule has 1 aromatic carbocycles. The number of anilines is 1. The maximum atomic E-state index is 13.7. The topological polar surface area (TPSA) is 40.5 Å². The summed E-state index contributed by atoms with van der Waals surface area (Å²) in [6, 6.07) is 4.69. The third kappa shape index (κ3) is 2.32. The first-order valence-electron chi connectivity index (χ1n) is 5.42. The predicted molar refractivity (Wildman–Crippen MR) is 59.2 cm³/mol. The van der Waals surface area contributed by atoms with Gasteiger partial charge in [-0.25, -0.2) is 4.39 Å². The Bertz CT molecular complexity index is 400. The van der Waals surface area contributed by atoms with E-state index in [2.05, 4.69) is 0 Å². The number of hydrogen-bond acceptors (Lipinski definition) is 2. The molecule has 1 fully saturated rings. The molecule has 0 amide bonds. The summed E-state index contributed by atoms with van der Waals surface area (Å²) in [5.41, 5.74) is 1.10. The Morgan fingerprint density at radius 3 is 2.62 bits per heavy atom. The molecule has 0 unspecified atom stereocenters. The number of rotatable bonds is 3. The highest BCUT2D eigenvalue weighted by Gasteiger charge is 2.16. The quantitative estimate of drug-likeness (QED) is 0.852. The number of carboxylic acids is 1. The van der Waals surface area contributed by atoms with Gasteiger partial charge in [-0.1, -0.05) is 6.07 Å². The average Bonchev–Trinajstić information content (AvgIpc) is 2.69. The van der Waals surface area contributed by atoms with Crippen LogP contribution >= 0.6 is 0 Å². The maximum Gasteiger partial charge on any atom is 0.307 e. The summed E-state index contributed by atoms with van der Waals surface area (Å²) < 4.78 is 13.7. The lowest BCUT2D eigenvalue weighted by Crippen LogP contribution is -2.19. The van der Waals surface area contributed by atoms with E-state index in [1.54, 1.807) is 12.1 Å². The molecule has 1 aliphatic rings. The number of carbonyl (C=O) groups is 1. The van der Waals surface area contributed by atoms with Gasteiger partial charge < -0.3 is 10.0 Å². The van der Waals surface area contributed by atoms with Crippen LogP contribution < -0.4 is 4.90 Å². The molecule has 0 aromatic heterocycles. The van der Waals surface area contributed by atoms with Crippen LogP contribution in [0, 0.1) is 5.82 Å². The van der Waals surface area contributed by atoms with Crippen molar-refractivity contribution in [2.45, 2.75) is 19.3 Å². The maximum absolute atomic E-state index is 13.7. The summed E-state index contributed by atoms with van der Waals surface area (Å²) in [5, 5.41) is 8.61. The van der Waals surface area contributed by atoms with E-state index < -0.39 is 5.97 Å². The van der Waals surface area contributed by atoms with Crippen molar-refractivity contribution in [3.63, 3.8) is 0 Å². The van der Waals surface area contributed by atoms with Gasteiger partial charge in [0.25, 0.3) is 0 Å². The second-order valence-electron chi connectivity index (χ2n) is 4.05. The number of carboxylic acid groups (broad SMARTS) is 1. The monoisotopic (exact) mass is 223 g/mol. The van der Waals surface area contributed by atoms with Gasteiger partial charge in [0.2, 0.25) is 0 Å². The van der Waals surface area contributed by atoms with Gasteiger partial charge in [0.1, 0.15) is 5.82 Å². The molecule has 1 N–H and O–H groups in total. The van der Waals surface area contributed by atoms with E-state index in [1.807, 2.05) is 4.90 Å². The highest BCUT2D eigenvalue weighted by atomic mass is 19.1. The molecule has 0 aliphatic carbocycles.